The number of piperidine rings is 2. The number of rotatable bonds is 8. The largest absolute Gasteiger partial charge is 0.467 e. The number of nitrogens with one attached hydrogen (secondary N) is 1. The number of thiazole rings is 1. The van der Waals surface area contributed by atoms with Gasteiger partial charge in [-0.15, -0.1) is 0 Å². The fourth-order valence-corrected chi connectivity index (χ4v) is 6.28. The van der Waals surface area contributed by atoms with E-state index in [2.05, 4.69) is 14.6 Å². The Morgan fingerprint density at radius 2 is 1.94 bits per heavy atom. The van der Waals surface area contributed by atoms with E-state index in [0.717, 1.165) is 62.2 Å². The van der Waals surface area contributed by atoms with Crippen LogP contribution in [0.4, 0.5) is 4.39 Å². The third-order valence-corrected chi connectivity index (χ3v) is 8.73. The molecule has 12 heteroatoms. The Hall–Kier alpha value is -1.79. The number of nitrogens with zero attached hydrogens (tertiary/aromatic N) is 3. The number of hydrogen-bond donors (Lipinski definition) is 1. The third-order valence-electron chi connectivity index (χ3n) is 6.32. The van der Waals surface area contributed by atoms with E-state index < -0.39 is 15.8 Å². The number of benzene rings is 1. The van der Waals surface area contributed by atoms with Gasteiger partial charge in [0.2, 0.25) is 15.9 Å². The molecule has 2 aromatic rings. The molecule has 1 amide bonds. The molecule has 2 fully saturated rings. The van der Waals surface area contributed by atoms with Gasteiger partial charge in [-0.1, -0.05) is 22.9 Å². The van der Waals surface area contributed by atoms with Gasteiger partial charge in [0.05, 0.1) is 9.92 Å². The van der Waals surface area contributed by atoms with E-state index in [-0.39, 0.29) is 34.9 Å². The van der Waals surface area contributed by atoms with E-state index in [1.54, 1.807) is 11.1 Å². The smallest absolute Gasteiger partial charge is 0.273 e. The number of halogens is 2. The van der Waals surface area contributed by atoms with Crippen molar-refractivity contribution in [3.8, 4) is 5.19 Å². The lowest BCUT2D eigenvalue weighted by molar-refractivity contribution is -0.132. The monoisotopic (exact) mass is 530 g/mol. The van der Waals surface area contributed by atoms with Crippen molar-refractivity contribution in [2.75, 3.05) is 32.7 Å². The number of ether oxygens (including phenoxy) is 1. The van der Waals surface area contributed by atoms with Gasteiger partial charge in [0.1, 0.15) is 11.9 Å². The number of carbonyl (C=O) groups excluding carboxylic acids is 1. The summed E-state index contributed by atoms with van der Waals surface area (Å²) in [5, 5.41) is 2.38. The summed E-state index contributed by atoms with van der Waals surface area (Å²) in [5.41, 5.74) is 0. The van der Waals surface area contributed by atoms with Crippen molar-refractivity contribution in [2.45, 2.75) is 49.1 Å². The lowest BCUT2D eigenvalue weighted by Crippen LogP contribution is -2.50. The molecule has 3 heterocycles. The van der Waals surface area contributed by atoms with Gasteiger partial charge in [0.25, 0.3) is 5.19 Å². The minimum Gasteiger partial charge on any atom is -0.467 e. The standard InChI is InChI=1S/C22H28ClFN4O4S2/c23-19-15-18(1-2-20(19)24)34(30,31)26-8-3-21(29)28-10-4-16(5-11-28)27-12-6-17(7-13-27)32-22-25-9-14-33-22/h1-2,9,14-17,26H,3-8,10-13H2. The quantitative estimate of drug-likeness (QED) is 0.564. The Balaban J connectivity index is 1.16. The summed E-state index contributed by atoms with van der Waals surface area (Å²) >= 11 is 7.18. The molecule has 1 N–H and O–H groups in total. The predicted molar refractivity (Wildman–Crippen MR) is 128 cm³/mol. The molecule has 186 valence electrons. The highest BCUT2D eigenvalue weighted by atomic mass is 35.5. The van der Waals surface area contributed by atoms with Gasteiger partial charge in [0, 0.05) is 56.8 Å². The van der Waals surface area contributed by atoms with Crippen molar-refractivity contribution in [2.24, 2.45) is 0 Å². The fourth-order valence-electron chi connectivity index (χ4n) is 4.43. The van der Waals surface area contributed by atoms with Crippen molar-refractivity contribution in [1.82, 2.24) is 19.5 Å². The normalized spacial score (nSPS) is 18.8. The van der Waals surface area contributed by atoms with E-state index in [0.29, 0.717) is 19.1 Å². The van der Waals surface area contributed by atoms with Crippen molar-refractivity contribution in [3.63, 3.8) is 0 Å². The van der Waals surface area contributed by atoms with Crippen LogP contribution in [0, 0.1) is 5.82 Å². The van der Waals surface area contributed by atoms with E-state index >= 15 is 0 Å². The highest BCUT2D eigenvalue weighted by molar-refractivity contribution is 7.89. The molecular weight excluding hydrogens is 503 g/mol. The summed E-state index contributed by atoms with van der Waals surface area (Å²) in [7, 11) is -3.86. The molecule has 2 saturated heterocycles. The fraction of sp³-hybridized carbons (Fsp3) is 0.545. The second kappa shape index (κ2) is 11.3. The number of sulfonamides is 1. The first-order valence-electron chi connectivity index (χ1n) is 11.3. The van der Waals surface area contributed by atoms with Crippen molar-refractivity contribution in [1.29, 1.82) is 0 Å². The molecule has 0 unspecified atom stereocenters. The van der Waals surface area contributed by atoms with Crippen molar-refractivity contribution in [3.05, 3.63) is 40.6 Å². The molecule has 0 bridgehead atoms. The van der Waals surface area contributed by atoms with Crippen LogP contribution >= 0.6 is 22.9 Å². The van der Waals surface area contributed by atoms with Crippen LogP contribution in [-0.2, 0) is 14.8 Å². The van der Waals surface area contributed by atoms with Gasteiger partial charge in [-0.2, -0.15) is 0 Å². The summed E-state index contributed by atoms with van der Waals surface area (Å²) in [6.07, 6.45) is 5.78. The number of likely N-dealkylation sites (tertiary alicyclic amines) is 2. The van der Waals surface area contributed by atoms with Crippen LogP contribution in [-0.4, -0.2) is 74.0 Å². The van der Waals surface area contributed by atoms with Gasteiger partial charge in [0.15, 0.2) is 0 Å². The highest BCUT2D eigenvalue weighted by Crippen LogP contribution is 2.25. The van der Waals surface area contributed by atoms with Crippen LogP contribution in [0.2, 0.25) is 5.02 Å². The lowest BCUT2D eigenvalue weighted by Gasteiger charge is -2.41. The lowest BCUT2D eigenvalue weighted by atomic mass is 9.98. The van der Waals surface area contributed by atoms with Crippen LogP contribution in [0.5, 0.6) is 5.19 Å². The second-order valence-corrected chi connectivity index (χ2v) is 11.5. The number of aromatic nitrogens is 1. The van der Waals surface area contributed by atoms with E-state index in [1.807, 2.05) is 5.38 Å². The Bertz CT molecular complexity index is 1070. The predicted octanol–water partition coefficient (Wildman–Crippen LogP) is 3.14. The van der Waals surface area contributed by atoms with Crippen molar-refractivity contribution >= 4 is 38.9 Å². The molecular formula is C22H28ClFN4O4S2. The first-order valence-corrected chi connectivity index (χ1v) is 14.1. The van der Waals surface area contributed by atoms with Crippen LogP contribution in [0.15, 0.2) is 34.7 Å². The van der Waals surface area contributed by atoms with Crippen LogP contribution in [0.1, 0.15) is 32.1 Å². The zero-order valence-electron chi connectivity index (χ0n) is 18.7. The van der Waals surface area contributed by atoms with Crippen LogP contribution in [0.3, 0.4) is 0 Å². The van der Waals surface area contributed by atoms with Gasteiger partial charge in [-0.25, -0.2) is 22.5 Å². The minimum atomic E-state index is -3.86. The summed E-state index contributed by atoms with van der Waals surface area (Å²) in [4.78, 5) is 20.9. The van der Waals surface area contributed by atoms with Gasteiger partial charge >= 0.3 is 0 Å². The Labute approximate surface area is 208 Å². The molecule has 34 heavy (non-hydrogen) atoms. The third kappa shape index (κ3) is 6.45. The number of hydrogen-bond acceptors (Lipinski definition) is 7. The molecule has 0 aliphatic carbocycles. The molecule has 1 aromatic heterocycles. The van der Waals surface area contributed by atoms with Gasteiger partial charge < -0.3 is 9.64 Å². The zero-order chi connectivity index (χ0) is 24.1. The number of amides is 1. The molecule has 0 radical (unpaired) electrons. The van der Waals surface area contributed by atoms with Gasteiger partial charge in [-0.05, 0) is 43.9 Å². The summed E-state index contributed by atoms with van der Waals surface area (Å²) in [5.74, 6) is -0.763. The molecule has 0 atom stereocenters. The maximum atomic E-state index is 13.3. The first kappa shape index (κ1) is 25.3. The minimum absolute atomic E-state index is 0.0251. The van der Waals surface area contributed by atoms with E-state index in [4.69, 9.17) is 16.3 Å². The Morgan fingerprint density at radius 3 is 2.59 bits per heavy atom. The number of carbonyl (C=O) groups is 1. The topological polar surface area (TPSA) is 91.8 Å². The van der Waals surface area contributed by atoms with E-state index in [1.165, 1.54) is 11.3 Å². The first-order chi connectivity index (χ1) is 16.3. The van der Waals surface area contributed by atoms with Crippen LogP contribution < -0.4 is 9.46 Å². The molecule has 4 rings (SSSR count). The molecule has 0 saturated carbocycles. The van der Waals surface area contributed by atoms with Crippen LogP contribution in [0.25, 0.3) is 0 Å². The molecule has 2 aliphatic heterocycles. The zero-order valence-corrected chi connectivity index (χ0v) is 21.0. The maximum absolute atomic E-state index is 13.3. The average Bonchev–Trinajstić information content (AvgIpc) is 3.34. The molecule has 8 nitrogen and oxygen atoms in total. The molecule has 2 aliphatic rings. The van der Waals surface area contributed by atoms with Crippen molar-refractivity contribution < 1.29 is 22.3 Å². The SMILES string of the molecule is O=C(CCNS(=O)(=O)c1ccc(F)c(Cl)c1)N1CCC(N2CCC(Oc3nccs3)CC2)CC1. The Morgan fingerprint density at radius 1 is 1.21 bits per heavy atom. The Kier molecular flexibility index (Phi) is 8.41. The van der Waals surface area contributed by atoms with Gasteiger partial charge in [-0.3, -0.25) is 9.69 Å². The molecule has 1 aromatic carbocycles. The summed E-state index contributed by atoms with van der Waals surface area (Å²) in [6, 6.07) is 3.65. The van der Waals surface area contributed by atoms with E-state index in [9.17, 15) is 17.6 Å². The second-order valence-electron chi connectivity index (χ2n) is 8.49. The summed E-state index contributed by atoms with van der Waals surface area (Å²) < 4.78 is 46.3. The highest BCUT2D eigenvalue weighted by Gasteiger charge is 2.30. The average molecular weight is 531 g/mol. The maximum Gasteiger partial charge on any atom is 0.273 e. The molecule has 0 spiro atoms. The summed E-state index contributed by atoms with van der Waals surface area (Å²) in [6.45, 7) is 3.26.